The van der Waals surface area contributed by atoms with E-state index in [1.54, 1.807) is 0 Å². The van der Waals surface area contributed by atoms with Gasteiger partial charge in [-0.25, -0.2) is 8.78 Å². The first-order valence-corrected chi connectivity index (χ1v) is 5.42. The summed E-state index contributed by atoms with van der Waals surface area (Å²) in [5.41, 5.74) is 5.46. The highest BCUT2D eigenvalue weighted by atomic mass is 19.3. The van der Waals surface area contributed by atoms with Crippen molar-refractivity contribution in [2.45, 2.75) is 25.7 Å². The molecule has 6 heteroatoms. The maximum Gasteiger partial charge on any atom is 0.303 e. The second-order valence-corrected chi connectivity index (χ2v) is 4.02. The molecule has 0 fully saturated rings. The summed E-state index contributed by atoms with van der Waals surface area (Å²) in [6.07, 6.45) is 0.279. The van der Waals surface area contributed by atoms with Crippen molar-refractivity contribution in [1.82, 2.24) is 0 Å². The number of carboxylic acid groups (broad SMARTS) is 1. The molecule has 3 N–H and O–H groups in total. The summed E-state index contributed by atoms with van der Waals surface area (Å²) in [5, 5.41) is 8.43. The lowest BCUT2D eigenvalue weighted by Gasteiger charge is -2.14. The molecule has 0 spiro atoms. The monoisotopic (exact) mass is 259 g/mol. The molecule has 0 aliphatic carbocycles. The molecule has 0 amide bonds. The van der Waals surface area contributed by atoms with Gasteiger partial charge in [0.2, 0.25) is 0 Å². The summed E-state index contributed by atoms with van der Waals surface area (Å²) >= 11 is 0. The van der Waals surface area contributed by atoms with Gasteiger partial charge in [0.25, 0.3) is 5.92 Å². The Morgan fingerprint density at radius 3 is 2.67 bits per heavy atom. The fourth-order valence-electron chi connectivity index (χ4n) is 1.37. The minimum absolute atomic E-state index is 0.0287. The third kappa shape index (κ3) is 4.57. The number of nitrogens with two attached hydrogens (primary N) is 1. The molecule has 0 heterocycles. The number of carboxylic acids is 1. The molecular weight excluding hydrogens is 244 g/mol. The predicted molar refractivity (Wildman–Crippen MR) is 62.8 cm³/mol. The molecule has 0 bridgehead atoms. The summed E-state index contributed by atoms with van der Waals surface area (Å²) < 4.78 is 31.4. The van der Waals surface area contributed by atoms with Crippen LogP contribution in [0.4, 0.5) is 14.5 Å². The lowest BCUT2D eigenvalue weighted by Crippen LogP contribution is -2.09. The van der Waals surface area contributed by atoms with Crippen LogP contribution in [0.5, 0.6) is 5.75 Å². The van der Waals surface area contributed by atoms with E-state index < -0.39 is 11.9 Å². The fraction of sp³-hybridized carbons (Fsp3) is 0.417. The minimum atomic E-state index is -2.99. The van der Waals surface area contributed by atoms with E-state index >= 15 is 0 Å². The first-order chi connectivity index (χ1) is 8.29. The van der Waals surface area contributed by atoms with Crippen molar-refractivity contribution in [3.05, 3.63) is 23.8 Å². The van der Waals surface area contributed by atoms with Gasteiger partial charge in [0, 0.05) is 30.7 Å². The van der Waals surface area contributed by atoms with E-state index in [0.717, 1.165) is 6.92 Å². The summed E-state index contributed by atoms with van der Waals surface area (Å²) in [5.74, 6) is -3.70. The number of anilines is 1. The number of carbonyl (C=O) groups is 1. The van der Waals surface area contributed by atoms with E-state index in [-0.39, 0.29) is 30.0 Å². The first kappa shape index (κ1) is 14.2. The average Bonchev–Trinajstić information content (AvgIpc) is 2.22. The molecule has 0 saturated carbocycles. The first-order valence-electron chi connectivity index (χ1n) is 5.42. The summed E-state index contributed by atoms with van der Waals surface area (Å²) in [6.45, 7) is 0.917. The van der Waals surface area contributed by atoms with Gasteiger partial charge in [0.1, 0.15) is 5.75 Å². The van der Waals surface area contributed by atoms with Gasteiger partial charge in [-0.2, -0.15) is 0 Å². The van der Waals surface area contributed by atoms with Crippen molar-refractivity contribution < 1.29 is 23.4 Å². The zero-order valence-corrected chi connectivity index (χ0v) is 9.95. The number of halogens is 2. The lowest BCUT2D eigenvalue weighted by molar-refractivity contribution is -0.137. The Morgan fingerprint density at radius 2 is 2.11 bits per heavy atom. The fourth-order valence-corrected chi connectivity index (χ4v) is 1.37. The molecule has 0 aliphatic heterocycles. The Kier molecular flexibility index (Phi) is 4.47. The van der Waals surface area contributed by atoms with Crippen LogP contribution in [0.25, 0.3) is 0 Å². The number of alkyl halides is 2. The van der Waals surface area contributed by atoms with E-state index in [1.807, 2.05) is 0 Å². The molecule has 1 aromatic carbocycles. The summed E-state index contributed by atoms with van der Waals surface area (Å²) in [6, 6.07) is 3.82. The van der Waals surface area contributed by atoms with Gasteiger partial charge in [0.15, 0.2) is 0 Å². The highest BCUT2D eigenvalue weighted by molar-refractivity contribution is 5.66. The number of ether oxygens (including phenoxy) is 1. The summed E-state index contributed by atoms with van der Waals surface area (Å²) in [4.78, 5) is 10.3. The number of nitrogen functional groups attached to an aromatic ring is 1. The van der Waals surface area contributed by atoms with Crippen LogP contribution in [-0.2, 0) is 10.7 Å². The van der Waals surface area contributed by atoms with Crippen molar-refractivity contribution >= 4 is 11.7 Å². The number of benzene rings is 1. The zero-order chi connectivity index (χ0) is 13.8. The lowest BCUT2D eigenvalue weighted by atomic mass is 10.1. The van der Waals surface area contributed by atoms with Crippen LogP contribution in [0.2, 0.25) is 0 Å². The molecular formula is C12H15F2NO3. The van der Waals surface area contributed by atoms with Gasteiger partial charge in [-0.1, -0.05) is 0 Å². The Balaban J connectivity index is 2.66. The molecule has 0 aliphatic rings. The van der Waals surface area contributed by atoms with Crippen molar-refractivity contribution in [2.75, 3.05) is 12.3 Å². The molecule has 4 nitrogen and oxygen atoms in total. The normalized spacial score (nSPS) is 11.3. The SMILES string of the molecule is CC(F)(F)c1cc(N)cc(OCCCC(=O)O)c1. The second-order valence-electron chi connectivity index (χ2n) is 4.02. The van der Waals surface area contributed by atoms with Crippen LogP contribution in [0, 0.1) is 0 Å². The maximum atomic E-state index is 13.1. The van der Waals surface area contributed by atoms with Crippen LogP contribution < -0.4 is 10.5 Å². The number of aliphatic carboxylic acids is 1. The van der Waals surface area contributed by atoms with Crippen molar-refractivity contribution in [3.8, 4) is 5.75 Å². The van der Waals surface area contributed by atoms with Gasteiger partial charge in [-0.15, -0.1) is 0 Å². The van der Waals surface area contributed by atoms with Gasteiger partial charge in [-0.05, 0) is 18.6 Å². The molecule has 0 aromatic heterocycles. The van der Waals surface area contributed by atoms with Crippen LogP contribution in [0.1, 0.15) is 25.3 Å². The highest BCUT2D eigenvalue weighted by Crippen LogP contribution is 2.31. The minimum Gasteiger partial charge on any atom is -0.493 e. The standard InChI is InChI=1S/C12H15F2NO3/c1-12(13,14)8-5-9(15)7-10(6-8)18-4-2-3-11(16)17/h5-7H,2-4,15H2,1H3,(H,16,17). The molecule has 0 radical (unpaired) electrons. The largest absolute Gasteiger partial charge is 0.493 e. The van der Waals surface area contributed by atoms with Crippen LogP contribution >= 0.6 is 0 Å². The van der Waals surface area contributed by atoms with E-state index in [1.165, 1.54) is 18.2 Å². The molecule has 1 rings (SSSR count). The molecule has 1 aromatic rings. The quantitative estimate of drug-likeness (QED) is 0.608. The Bertz CT molecular complexity index is 430. The summed E-state index contributed by atoms with van der Waals surface area (Å²) in [7, 11) is 0. The van der Waals surface area contributed by atoms with Crippen LogP contribution in [-0.4, -0.2) is 17.7 Å². The van der Waals surface area contributed by atoms with Gasteiger partial charge in [-0.3, -0.25) is 4.79 Å². The molecule has 100 valence electrons. The zero-order valence-electron chi connectivity index (χ0n) is 9.95. The second kappa shape index (κ2) is 5.66. The predicted octanol–water partition coefficient (Wildman–Crippen LogP) is 2.62. The molecule has 0 unspecified atom stereocenters. The topological polar surface area (TPSA) is 72.5 Å². The van der Waals surface area contributed by atoms with Gasteiger partial charge < -0.3 is 15.6 Å². The van der Waals surface area contributed by atoms with Crippen LogP contribution in [0.15, 0.2) is 18.2 Å². The van der Waals surface area contributed by atoms with Crippen molar-refractivity contribution in [1.29, 1.82) is 0 Å². The van der Waals surface area contributed by atoms with Crippen LogP contribution in [0.3, 0.4) is 0 Å². The smallest absolute Gasteiger partial charge is 0.303 e. The van der Waals surface area contributed by atoms with Gasteiger partial charge >= 0.3 is 5.97 Å². The molecule has 0 saturated heterocycles. The number of rotatable bonds is 6. The van der Waals surface area contributed by atoms with E-state index in [2.05, 4.69) is 0 Å². The van der Waals surface area contributed by atoms with E-state index in [9.17, 15) is 13.6 Å². The third-order valence-corrected chi connectivity index (χ3v) is 2.24. The maximum absolute atomic E-state index is 13.1. The highest BCUT2D eigenvalue weighted by Gasteiger charge is 2.25. The third-order valence-electron chi connectivity index (χ3n) is 2.24. The van der Waals surface area contributed by atoms with Gasteiger partial charge in [0.05, 0.1) is 6.61 Å². The Morgan fingerprint density at radius 1 is 1.44 bits per heavy atom. The number of hydrogen-bond acceptors (Lipinski definition) is 3. The Hall–Kier alpha value is -1.85. The Labute approximate surface area is 103 Å². The van der Waals surface area contributed by atoms with Crippen molar-refractivity contribution in [2.24, 2.45) is 0 Å². The van der Waals surface area contributed by atoms with Crippen molar-refractivity contribution in [3.63, 3.8) is 0 Å². The average molecular weight is 259 g/mol. The molecule has 18 heavy (non-hydrogen) atoms. The molecule has 0 atom stereocenters. The van der Waals surface area contributed by atoms with E-state index in [4.69, 9.17) is 15.6 Å². The van der Waals surface area contributed by atoms with E-state index in [0.29, 0.717) is 6.42 Å². The number of hydrogen-bond donors (Lipinski definition) is 2.